The summed E-state index contributed by atoms with van der Waals surface area (Å²) in [4.78, 5) is 37.2. The molecular formula is C22H24FN3O4. The van der Waals surface area contributed by atoms with E-state index in [1.807, 2.05) is 6.07 Å². The summed E-state index contributed by atoms with van der Waals surface area (Å²) in [5.74, 6) is -0.574. The molecule has 0 atom stereocenters. The summed E-state index contributed by atoms with van der Waals surface area (Å²) in [7, 11) is 0. The fraction of sp³-hybridized carbons (Fsp3) is 0.364. The number of rotatable bonds is 9. The number of nitrogens with zero attached hydrogens (tertiary/aromatic N) is 3. The van der Waals surface area contributed by atoms with Gasteiger partial charge in [0.05, 0.1) is 5.69 Å². The Bertz CT molecular complexity index is 880. The van der Waals surface area contributed by atoms with Gasteiger partial charge >= 0.3 is 0 Å². The van der Waals surface area contributed by atoms with Crippen molar-refractivity contribution in [2.24, 2.45) is 5.18 Å². The summed E-state index contributed by atoms with van der Waals surface area (Å²) >= 11 is 0. The van der Waals surface area contributed by atoms with Crippen molar-refractivity contribution in [1.29, 1.82) is 0 Å². The first-order valence-corrected chi connectivity index (χ1v) is 9.91. The van der Waals surface area contributed by atoms with Gasteiger partial charge in [0.15, 0.2) is 5.78 Å². The van der Waals surface area contributed by atoms with E-state index in [1.54, 1.807) is 36.4 Å². The highest BCUT2D eigenvalue weighted by Crippen LogP contribution is 2.20. The van der Waals surface area contributed by atoms with Crippen LogP contribution in [-0.2, 0) is 4.79 Å². The fourth-order valence-corrected chi connectivity index (χ4v) is 3.36. The number of Topliss-reactive ketones (excluding diaryl/α,β-unsaturated/α-hetero) is 1. The molecule has 0 unspecified atom stereocenters. The number of piperazine rings is 1. The van der Waals surface area contributed by atoms with Crippen LogP contribution >= 0.6 is 0 Å². The van der Waals surface area contributed by atoms with Gasteiger partial charge in [-0.2, -0.15) is 0 Å². The summed E-state index contributed by atoms with van der Waals surface area (Å²) in [5, 5.41) is 2.28. The largest absolute Gasteiger partial charge is 0.492 e. The lowest BCUT2D eigenvalue weighted by atomic mass is 10.1. The highest BCUT2D eigenvalue weighted by Gasteiger charge is 2.19. The van der Waals surface area contributed by atoms with Gasteiger partial charge in [0.1, 0.15) is 18.2 Å². The Hall–Kier alpha value is -3.13. The minimum absolute atomic E-state index is 0.0381. The fourth-order valence-electron chi connectivity index (χ4n) is 3.36. The number of carbonyl (C=O) groups is 2. The molecule has 2 aromatic rings. The zero-order valence-electron chi connectivity index (χ0n) is 16.6. The SMILES string of the molecule is O=NC(=O)CCC(=O)c1ccc(OCCN2CCN(c3ccccc3F)CC2)cc1. The van der Waals surface area contributed by atoms with Crippen molar-refractivity contribution in [3.05, 3.63) is 64.8 Å². The molecular weight excluding hydrogens is 389 g/mol. The number of para-hydroxylation sites is 1. The van der Waals surface area contributed by atoms with Crippen molar-refractivity contribution in [2.45, 2.75) is 12.8 Å². The second-order valence-electron chi connectivity index (χ2n) is 7.06. The van der Waals surface area contributed by atoms with Gasteiger partial charge in [0.25, 0.3) is 5.91 Å². The van der Waals surface area contributed by atoms with Gasteiger partial charge in [-0.05, 0) is 36.4 Å². The van der Waals surface area contributed by atoms with Crippen LogP contribution in [0, 0.1) is 10.7 Å². The molecule has 3 rings (SSSR count). The van der Waals surface area contributed by atoms with E-state index in [0.717, 1.165) is 32.7 Å². The van der Waals surface area contributed by atoms with Crippen LogP contribution in [0.15, 0.2) is 53.7 Å². The first-order chi connectivity index (χ1) is 14.6. The maximum Gasteiger partial charge on any atom is 0.286 e. The van der Waals surface area contributed by atoms with Crippen LogP contribution < -0.4 is 9.64 Å². The quantitative estimate of drug-likeness (QED) is 0.464. The van der Waals surface area contributed by atoms with Crippen LogP contribution in [0.1, 0.15) is 23.2 Å². The van der Waals surface area contributed by atoms with E-state index in [-0.39, 0.29) is 24.4 Å². The van der Waals surface area contributed by atoms with Crippen LogP contribution in [0.3, 0.4) is 0 Å². The highest BCUT2D eigenvalue weighted by atomic mass is 19.1. The maximum absolute atomic E-state index is 13.9. The van der Waals surface area contributed by atoms with Gasteiger partial charge in [-0.25, -0.2) is 4.39 Å². The topological polar surface area (TPSA) is 79.3 Å². The molecule has 1 aliphatic rings. The highest BCUT2D eigenvalue weighted by molar-refractivity contribution is 5.98. The molecule has 30 heavy (non-hydrogen) atoms. The molecule has 158 valence electrons. The molecule has 1 heterocycles. The first-order valence-electron chi connectivity index (χ1n) is 9.91. The lowest BCUT2D eigenvalue weighted by molar-refractivity contribution is -0.117. The molecule has 1 aliphatic heterocycles. The minimum Gasteiger partial charge on any atom is -0.492 e. The predicted octanol–water partition coefficient (Wildman–Crippen LogP) is 3.28. The normalized spacial score (nSPS) is 14.4. The zero-order valence-corrected chi connectivity index (χ0v) is 16.6. The number of hydrogen-bond donors (Lipinski definition) is 0. The monoisotopic (exact) mass is 413 g/mol. The second-order valence-corrected chi connectivity index (χ2v) is 7.06. The molecule has 0 aromatic heterocycles. The van der Waals surface area contributed by atoms with Crippen LogP contribution in [0.5, 0.6) is 5.75 Å². The van der Waals surface area contributed by atoms with Crippen molar-refractivity contribution < 1.29 is 18.7 Å². The van der Waals surface area contributed by atoms with Gasteiger partial charge in [0.2, 0.25) is 0 Å². The van der Waals surface area contributed by atoms with Crippen LogP contribution in [0.2, 0.25) is 0 Å². The Balaban J connectivity index is 1.38. The van der Waals surface area contributed by atoms with Crippen LogP contribution in [0.4, 0.5) is 10.1 Å². The third kappa shape index (κ3) is 5.93. The molecule has 0 spiro atoms. The summed E-state index contributed by atoms with van der Waals surface area (Å²) in [6.07, 6.45) is -0.214. The predicted molar refractivity (Wildman–Crippen MR) is 111 cm³/mol. The Morgan fingerprint density at radius 3 is 2.33 bits per heavy atom. The summed E-state index contributed by atoms with van der Waals surface area (Å²) in [6, 6.07) is 13.5. The Labute approximate surface area is 174 Å². The van der Waals surface area contributed by atoms with Crippen LogP contribution in [-0.4, -0.2) is 55.9 Å². The number of halogens is 1. The number of ketones is 1. The summed E-state index contributed by atoms with van der Waals surface area (Å²) < 4.78 is 19.7. The van der Waals surface area contributed by atoms with E-state index in [9.17, 15) is 18.9 Å². The minimum atomic E-state index is -0.821. The van der Waals surface area contributed by atoms with Crippen LogP contribution in [0.25, 0.3) is 0 Å². The molecule has 8 heteroatoms. The van der Waals surface area contributed by atoms with Gasteiger partial charge in [-0.3, -0.25) is 14.5 Å². The third-order valence-electron chi connectivity index (χ3n) is 5.09. The Morgan fingerprint density at radius 1 is 0.967 bits per heavy atom. The number of benzene rings is 2. The molecule has 7 nitrogen and oxygen atoms in total. The molecule has 1 fully saturated rings. The molecule has 0 radical (unpaired) electrons. The lowest BCUT2D eigenvalue weighted by Crippen LogP contribution is -2.47. The Morgan fingerprint density at radius 2 is 1.67 bits per heavy atom. The number of carbonyl (C=O) groups excluding carboxylic acids is 2. The van der Waals surface area contributed by atoms with E-state index >= 15 is 0 Å². The van der Waals surface area contributed by atoms with Gasteiger partial charge in [-0.1, -0.05) is 12.1 Å². The number of amides is 1. The number of anilines is 1. The van der Waals surface area contributed by atoms with Crippen molar-refractivity contribution in [3.63, 3.8) is 0 Å². The zero-order chi connectivity index (χ0) is 21.3. The second kappa shape index (κ2) is 10.6. The van der Waals surface area contributed by atoms with E-state index in [1.165, 1.54) is 6.07 Å². The molecule has 0 aliphatic carbocycles. The number of nitroso groups, excluding NO2 is 1. The van der Waals surface area contributed by atoms with Crippen molar-refractivity contribution >= 4 is 17.4 Å². The molecule has 2 aromatic carbocycles. The molecule has 1 amide bonds. The summed E-state index contributed by atoms with van der Waals surface area (Å²) in [5.41, 5.74) is 1.11. The van der Waals surface area contributed by atoms with Gasteiger partial charge in [0, 0.05) is 56.3 Å². The standard InChI is InChI=1S/C22H24FN3O4/c23-19-3-1-2-4-20(19)26-13-11-25(12-14-26)15-16-30-18-7-5-17(6-8-18)21(27)9-10-22(28)24-29/h1-8H,9-16H2. The average molecular weight is 413 g/mol. The van der Waals surface area contributed by atoms with E-state index in [0.29, 0.717) is 23.6 Å². The lowest BCUT2D eigenvalue weighted by Gasteiger charge is -2.36. The molecule has 0 N–H and O–H groups in total. The first kappa shape index (κ1) is 21.6. The Kier molecular flexibility index (Phi) is 7.62. The molecule has 1 saturated heterocycles. The van der Waals surface area contributed by atoms with E-state index in [2.05, 4.69) is 15.0 Å². The van der Waals surface area contributed by atoms with E-state index in [4.69, 9.17) is 4.74 Å². The van der Waals surface area contributed by atoms with Crippen molar-refractivity contribution in [2.75, 3.05) is 44.2 Å². The molecule has 0 saturated carbocycles. The van der Waals surface area contributed by atoms with E-state index < -0.39 is 5.91 Å². The van der Waals surface area contributed by atoms with Gasteiger partial charge < -0.3 is 9.64 Å². The average Bonchev–Trinajstić information content (AvgIpc) is 2.78. The van der Waals surface area contributed by atoms with Crippen molar-refractivity contribution in [1.82, 2.24) is 4.90 Å². The third-order valence-corrected chi connectivity index (χ3v) is 5.09. The summed E-state index contributed by atoms with van der Waals surface area (Å²) in [6.45, 7) is 4.46. The van der Waals surface area contributed by atoms with Gasteiger partial charge in [-0.15, -0.1) is 4.91 Å². The van der Waals surface area contributed by atoms with Crippen molar-refractivity contribution in [3.8, 4) is 5.75 Å². The molecule has 0 bridgehead atoms. The number of ether oxygens (including phenoxy) is 1. The number of hydrogen-bond acceptors (Lipinski definition) is 6. The smallest absolute Gasteiger partial charge is 0.286 e. The maximum atomic E-state index is 13.9.